The monoisotopic (exact) mass is 266 g/mol. The molecule has 1 amide bonds. The zero-order chi connectivity index (χ0) is 13.7. The zero-order valence-corrected chi connectivity index (χ0v) is 12.7. The van der Waals surface area contributed by atoms with E-state index in [1.807, 2.05) is 0 Å². The van der Waals surface area contributed by atoms with Crippen molar-refractivity contribution in [1.82, 2.24) is 10.2 Å². The van der Waals surface area contributed by atoms with Crippen LogP contribution in [0.5, 0.6) is 0 Å². The largest absolute Gasteiger partial charge is 0.341 e. The van der Waals surface area contributed by atoms with Crippen LogP contribution in [0, 0.1) is 11.8 Å². The first-order valence-electron chi connectivity index (χ1n) is 8.19. The molecule has 0 aromatic carbocycles. The molecule has 1 aliphatic carbocycles. The Hall–Kier alpha value is -0.570. The number of likely N-dealkylation sites (tertiary alicyclic amines) is 1. The summed E-state index contributed by atoms with van der Waals surface area (Å²) in [5.74, 6) is 1.77. The van der Waals surface area contributed by atoms with Gasteiger partial charge in [0.25, 0.3) is 0 Å². The van der Waals surface area contributed by atoms with Gasteiger partial charge in [0.1, 0.15) is 0 Å². The fourth-order valence-electron chi connectivity index (χ4n) is 3.88. The Balaban J connectivity index is 1.85. The minimum Gasteiger partial charge on any atom is -0.341 e. The van der Waals surface area contributed by atoms with Gasteiger partial charge in [0.2, 0.25) is 5.91 Å². The molecule has 2 atom stereocenters. The van der Waals surface area contributed by atoms with Crippen molar-refractivity contribution >= 4 is 5.91 Å². The molecule has 1 saturated carbocycles. The summed E-state index contributed by atoms with van der Waals surface area (Å²) in [6.45, 7) is 4.14. The summed E-state index contributed by atoms with van der Waals surface area (Å²) in [5, 5.41) is 3.47. The van der Waals surface area contributed by atoms with Crippen LogP contribution in [0.1, 0.15) is 58.3 Å². The molecule has 110 valence electrons. The molecule has 0 aromatic rings. The Morgan fingerprint density at radius 1 is 1.32 bits per heavy atom. The van der Waals surface area contributed by atoms with Crippen molar-refractivity contribution in [3.8, 4) is 0 Å². The first-order chi connectivity index (χ1) is 9.24. The number of hydrogen-bond acceptors (Lipinski definition) is 2. The summed E-state index contributed by atoms with van der Waals surface area (Å²) >= 11 is 0. The number of carbonyl (C=O) groups excluding carboxylic acids is 1. The van der Waals surface area contributed by atoms with Crippen molar-refractivity contribution in [2.75, 3.05) is 20.1 Å². The topological polar surface area (TPSA) is 32.3 Å². The molecule has 1 aliphatic heterocycles. The van der Waals surface area contributed by atoms with Gasteiger partial charge >= 0.3 is 0 Å². The fourth-order valence-corrected chi connectivity index (χ4v) is 3.88. The Labute approximate surface area is 118 Å². The van der Waals surface area contributed by atoms with E-state index in [4.69, 9.17) is 0 Å². The minimum atomic E-state index is 0.384. The normalized spacial score (nSPS) is 26.9. The number of nitrogens with zero attached hydrogens (tertiary/aromatic N) is 1. The SMILES string of the molecule is CCCC1CC(=O)N(CC(NC)C2CCCCC2)C1. The van der Waals surface area contributed by atoms with E-state index in [1.54, 1.807) is 0 Å². The van der Waals surface area contributed by atoms with Gasteiger partial charge < -0.3 is 10.2 Å². The summed E-state index contributed by atoms with van der Waals surface area (Å²) in [7, 11) is 2.06. The molecule has 3 heteroatoms. The summed E-state index contributed by atoms with van der Waals surface area (Å²) in [6.07, 6.45) is 10.0. The first-order valence-corrected chi connectivity index (χ1v) is 8.19. The Kier molecular flexibility index (Phi) is 5.68. The smallest absolute Gasteiger partial charge is 0.222 e. The van der Waals surface area contributed by atoms with E-state index in [0.29, 0.717) is 17.9 Å². The Morgan fingerprint density at radius 2 is 2.05 bits per heavy atom. The molecule has 0 aromatic heterocycles. The highest BCUT2D eigenvalue weighted by Crippen LogP contribution is 2.28. The highest BCUT2D eigenvalue weighted by Gasteiger charge is 2.32. The predicted molar refractivity (Wildman–Crippen MR) is 79.0 cm³/mol. The molecule has 0 radical (unpaired) electrons. The van der Waals surface area contributed by atoms with Crippen molar-refractivity contribution in [1.29, 1.82) is 0 Å². The third-order valence-electron chi connectivity index (χ3n) is 5.00. The number of hydrogen-bond donors (Lipinski definition) is 1. The number of rotatable bonds is 6. The molecule has 2 rings (SSSR count). The molecule has 1 saturated heterocycles. The van der Waals surface area contributed by atoms with E-state index in [-0.39, 0.29) is 0 Å². The second-order valence-electron chi connectivity index (χ2n) is 6.45. The quantitative estimate of drug-likeness (QED) is 0.802. The number of nitrogens with one attached hydrogen (secondary N) is 1. The molecule has 2 aliphatic rings. The Morgan fingerprint density at radius 3 is 2.68 bits per heavy atom. The second-order valence-corrected chi connectivity index (χ2v) is 6.45. The summed E-state index contributed by atoms with van der Waals surface area (Å²) in [6, 6.07) is 0.504. The molecular formula is C16H30N2O. The van der Waals surface area contributed by atoms with Gasteiger partial charge in [0, 0.05) is 25.6 Å². The van der Waals surface area contributed by atoms with Crippen molar-refractivity contribution in [2.45, 2.75) is 64.3 Å². The van der Waals surface area contributed by atoms with Crippen molar-refractivity contribution in [3.05, 3.63) is 0 Å². The maximum Gasteiger partial charge on any atom is 0.222 e. The van der Waals surface area contributed by atoms with Gasteiger partial charge in [-0.15, -0.1) is 0 Å². The zero-order valence-electron chi connectivity index (χ0n) is 12.7. The summed E-state index contributed by atoms with van der Waals surface area (Å²) in [5.41, 5.74) is 0. The van der Waals surface area contributed by atoms with Crippen LogP contribution in [0.15, 0.2) is 0 Å². The Bertz CT molecular complexity index is 286. The lowest BCUT2D eigenvalue weighted by atomic mass is 9.83. The molecule has 0 bridgehead atoms. The minimum absolute atomic E-state index is 0.384. The average molecular weight is 266 g/mol. The maximum atomic E-state index is 12.1. The average Bonchev–Trinajstić information content (AvgIpc) is 2.77. The van der Waals surface area contributed by atoms with Crippen LogP contribution in [0.25, 0.3) is 0 Å². The van der Waals surface area contributed by atoms with E-state index in [0.717, 1.165) is 25.4 Å². The summed E-state index contributed by atoms with van der Waals surface area (Å²) < 4.78 is 0. The first kappa shape index (κ1) is 14.8. The third kappa shape index (κ3) is 3.95. The lowest BCUT2D eigenvalue weighted by Crippen LogP contribution is -2.45. The van der Waals surface area contributed by atoms with Crippen LogP contribution < -0.4 is 5.32 Å². The molecule has 1 N–H and O–H groups in total. The lowest BCUT2D eigenvalue weighted by Gasteiger charge is -2.33. The van der Waals surface area contributed by atoms with E-state index in [1.165, 1.54) is 44.9 Å². The van der Waals surface area contributed by atoms with Gasteiger partial charge in [-0.1, -0.05) is 32.6 Å². The molecule has 2 fully saturated rings. The summed E-state index contributed by atoms with van der Waals surface area (Å²) in [4.78, 5) is 14.2. The predicted octanol–water partition coefficient (Wildman–Crippen LogP) is 2.80. The fraction of sp³-hybridized carbons (Fsp3) is 0.938. The van der Waals surface area contributed by atoms with Gasteiger partial charge in [-0.25, -0.2) is 0 Å². The van der Waals surface area contributed by atoms with Gasteiger partial charge in [0.15, 0.2) is 0 Å². The number of amides is 1. The van der Waals surface area contributed by atoms with Crippen molar-refractivity contribution in [3.63, 3.8) is 0 Å². The van der Waals surface area contributed by atoms with Crippen molar-refractivity contribution < 1.29 is 4.79 Å². The lowest BCUT2D eigenvalue weighted by molar-refractivity contribution is -0.128. The van der Waals surface area contributed by atoms with Gasteiger partial charge in [-0.3, -0.25) is 4.79 Å². The molecule has 19 heavy (non-hydrogen) atoms. The van der Waals surface area contributed by atoms with E-state index >= 15 is 0 Å². The highest BCUT2D eigenvalue weighted by atomic mass is 16.2. The number of likely N-dealkylation sites (N-methyl/N-ethyl adjacent to an activating group) is 1. The highest BCUT2D eigenvalue weighted by molar-refractivity contribution is 5.78. The van der Waals surface area contributed by atoms with Crippen LogP contribution in [-0.4, -0.2) is 37.0 Å². The van der Waals surface area contributed by atoms with E-state index in [2.05, 4.69) is 24.2 Å². The van der Waals surface area contributed by atoms with E-state index < -0.39 is 0 Å². The maximum absolute atomic E-state index is 12.1. The molecule has 2 unspecified atom stereocenters. The second kappa shape index (κ2) is 7.28. The molecular weight excluding hydrogens is 236 g/mol. The molecule has 3 nitrogen and oxygen atoms in total. The van der Waals surface area contributed by atoms with Gasteiger partial charge in [-0.05, 0) is 38.1 Å². The van der Waals surface area contributed by atoms with Crippen molar-refractivity contribution in [2.24, 2.45) is 11.8 Å². The van der Waals surface area contributed by atoms with Gasteiger partial charge in [0.05, 0.1) is 0 Å². The van der Waals surface area contributed by atoms with Crippen LogP contribution >= 0.6 is 0 Å². The van der Waals surface area contributed by atoms with Gasteiger partial charge in [-0.2, -0.15) is 0 Å². The van der Waals surface area contributed by atoms with Crippen LogP contribution in [0.4, 0.5) is 0 Å². The standard InChI is InChI=1S/C16H30N2O/c1-3-7-13-10-16(19)18(11-13)12-15(17-2)14-8-5-4-6-9-14/h13-15,17H,3-12H2,1-2H3. The van der Waals surface area contributed by atoms with E-state index in [9.17, 15) is 4.79 Å². The number of carbonyl (C=O) groups is 1. The third-order valence-corrected chi connectivity index (χ3v) is 5.00. The molecule has 0 spiro atoms. The van der Waals surface area contributed by atoms with Crippen LogP contribution in [-0.2, 0) is 4.79 Å². The van der Waals surface area contributed by atoms with Crippen LogP contribution in [0.2, 0.25) is 0 Å². The van der Waals surface area contributed by atoms with Crippen LogP contribution in [0.3, 0.4) is 0 Å². The molecule has 1 heterocycles.